The van der Waals surface area contributed by atoms with Crippen LogP contribution in [-0.4, -0.2) is 38.8 Å². The van der Waals surface area contributed by atoms with Gasteiger partial charge in [0.25, 0.3) is 11.5 Å². The molecule has 7 nitrogen and oxygen atoms in total. The number of nitrogens with one attached hydrogen (secondary N) is 2. The molecular weight excluding hydrogens is 378 g/mol. The van der Waals surface area contributed by atoms with Crippen molar-refractivity contribution in [1.82, 2.24) is 19.9 Å². The predicted molar refractivity (Wildman–Crippen MR) is 118 cm³/mol. The molecule has 0 fully saturated rings. The number of hydrogen-bond acceptors (Lipinski definition) is 5. The molecule has 2 N–H and O–H groups in total. The van der Waals surface area contributed by atoms with Gasteiger partial charge in [-0.1, -0.05) is 19.1 Å². The lowest BCUT2D eigenvalue weighted by Gasteiger charge is -2.21. The Bertz CT molecular complexity index is 1060. The number of hydrogen-bond donors (Lipinski definition) is 2. The zero-order chi connectivity index (χ0) is 21.7. The average Bonchev–Trinajstić information content (AvgIpc) is 2.76. The summed E-state index contributed by atoms with van der Waals surface area (Å²) in [6.45, 7) is 6.52. The van der Waals surface area contributed by atoms with Gasteiger partial charge in [0.05, 0.1) is 0 Å². The van der Waals surface area contributed by atoms with E-state index in [0.717, 1.165) is 16.8 Å². The van der Waals surface area contributed by atoms with Gasteiger partial charge in [0.15, 0.2) is 0 Å². The van der Waals surface area contributed by atoms with Crippen molar-refractivity contribution in [1.29, 1.82) is 0 Å². The van der Waals surface area contributed by atoms with Crippen LogP contribution in [0.3, 0.4) is 0 Å². The number of amides is 1. The van der Waals surface area contributed by atoms with Gasteiger partial charge in [0, 0.05) is 48.7 Å². The van der Waals surface area contributed by atoms with Crippen LogP contribution in [0, 0.1) is 0 Å². The van der Waals surface area contributed by atoms with E-state index in [1.165, 1.54) is 6.07 Å². The molecule has 156 valence electrons. The molecule has 0 radical (unpaired) electrons. The summed E-state index contributed by atoms with van der Waals surface area (Å²) in [5.41, 5.74) is 3.06. The van der Waals surface area contributed by atoms with E-state index in [2.05, 4.69) is 20.3 Å². The van der Waals surface area contributed by atoms with Crippen molar-refractivity contribution in [3.8, 4) is 11.4 Å². The second-order valence-electron chi connectivity index (χ2n) is 7.43. The molecule has 2 heterocycles. The fourth-order valence-corrected chi connectivity index (χ4v) is 2.86. The van der Waals surface area contributed by atoms with Crippen molar-refractivity contribution in [3.05, 3.63) is 75.8 Å². The van der Waals surface area contributed by atoms with Gasteiger partial charge in [-0.05, 0) is 50.1 Å². The third-order valence-electron chi connectivity index (χ3n) is 4.96. The first-order valence-corrected chi connectivity index (χ1v) is 10.0. The van der Waals surface area contributed by atoms with Gasteiger partial charge in [0.1, 0.15) is 11.6 Å². The maximum absolute atomic E-state index is 12.4. The minimum atomic E-state index is -0.166. The number of pyridine rings is 1. The molecule has 0 atom stereocenters. The lowest BCUT2D eigenvalue weighted by atomic mass is 10.1. The number of aryl methyl sites for hydroxylation is 1. The Hall–Kier alpha value is -3.48. The number of benzene rings is 1. The van der Waals surface area contributed by atoms with E-state index >= 15 is 0 Å². The number of carbonyl (C=O) groups excluding carboxylic acids is 1. The van der Waals surface area contributed by atoms with Crippen LogP contribution >= 0.6 is 0 Å². The first-order valence-electron chi connectivity index (χ1n) is 10.0. The van der Waals surface area contributed by atoms with Crippen molar-refractivity contribution in [2.75, 3.05) is 12.4 Å². The van der Waals surface area contributed by atoms with Crippen molar-refractivity contribution in [2.45, 2.75) is 39.8 Å². The molecule has 3 rings (SSSR count). The molecule has 2 aromatic heterocycles. The highest BCUT2D eigenvalue weighted by Crippen LogP contribution is 2.16. The monoisotopic (exact) mass is 405 g/mol. The lowest BCUT2D eigenvalue weighted by Crippen LogP contribution is -2.32. The topological polar surface area (TPSA) is 91.0 Å². The smallest absolute Gasteiger partial charge is 0.253 e. The SMILES string of the molecule is CCc1cc(=O)[nH]c(-c2ccc(NCc3ccc(C(=O)N(C)C(C)C)cc3)nc2)n1. The average molecular weight is 406 g/mol. The summed E-state index contributed by atoms with van der Waals surface area (Å²) in [5.74, 6) is 1.25. The Kier molecular flexibility index (Phi) is 6.61. The molecular formula is C23H27N5O2. The Morgan fingerprint density at radius 3 is 2.50 bits per heavy atom. The third kappa shape index (κ3) is 5.11. The van der Waals surface area contributed by atoms with Crippen molar-refractivity contribution < 1.29 is 4.79 Å². The second-order valence-corrected chi connectivity index (χ2v) is 7.43. The van der Waals surface area contributed by atoms with Gasteiger partial charge < -0.3 is 15.2 Å². The zero-order valence-electron chi connectivity index (χ0n) is 17.8. The Labute approximate surface area is 176 Å². The normalized spacial score (nSPS) is 10.8. The van der Waals surface area contributed by atoms with Gasteiger partial charge in [-0.2, -0.15) is 0 Å². The summed E-state index contributed by atoms with van der Waals surface area (Å²) in [6.07, 6.45) is 2.38. The van der Waals surface area contributed by atoms with Gasteiger partial charge in [-0.15, -0.1) is 0 Å². The summed E-state index contributed by atoms with van der Waals surface area (Å²) >= 11 is 0. The highest BCUT2D eigenvalue weighted by molar-refractivity contribution is 5.94. The Morgan fingerprint density at radius 2 is 1.90 bits per heavy atom. The summed E-state index contributed by atoms with van der Waals surface area (Å²) < 4.78 is 0. The largest absolute Gasteiger partial charge is 0.366 e. The van der Waals surface area contributed by atoms with Crippen LogP contribution in [0.4, 0.5) is 5.82 Å². The number of anilines is 1. The van der Waals surface area contributed by atoms with E-state index in [-0.39, 0.29) is 17.5 Å². The molecule has 30 heavy (non-hydrogen) atoms. The van der Waals surface area contributed by atoms with E-state index in [1.54, 1.807) is 18.1 Å². The van der Waals surface area contributed by atoms with Crippen LogP contribution in [0.5, 0.6) is 0 Å². The molecule has 3 aromatic rings. The summed E-state index contributed by atoms with van der Waals surface area (Å²) in [6, 6.07) is 13.0. The van der Waals surface area contributed by atoms with Gasteiger partial charge in [0.2, 0.25) is 0 Å². The second kappa shape index (κ2) is 9.35. The van der Waals surface area contributed by atoms with Gasteiger partial charge in [-0.3, -0.25) is 9.59 Å². The van der Waals surface area contributed by atoms with Crippen LogP contribution < -0.4 is 10.9 Å². The highest BCUT2D eigenvalue weighted by atomic mass is 16.2. The zero-order valence-corrected chi connectivity index (χ0v) is 17.8. The molecule has 7 heteroatoms. The molecule has 1 amide bonds. The van der Waals surface area contributed by atoms with Crippen LogP contribution in [0.25, 0.3) is 11.4 Å². The van der Waals surface area contributed by atoms with Crippen molar-refractivity contribution in [3.63, 3.8) is 0 Å². The molecule has 1 aromatic carbocycles. The summed E-state index contributed by atoms with van der Waals surface area (Å²) in [4.78, 5) is 37.4. The quantitative estimate of drug-likeness (QED) is 0.628. The van der Waals surface area contributed by atoms with Crippen LogP contribution in [0.15, 0.2) is 53.5 Å². The van der Waals surface area contributed by atoms with E-state index in [1.807, 2.05) is 57.2 Å². The Morgan fingerprint density at radius 1 is 1.17 bits per heavy atom. The molecule has 0 aliphatic heterocycles. The maximum Gasteiger partial charge on any atom is 0.253 e. The van der Waals surface area contributed by atoms with Crippen LogP contribution in [0.2, 0.25) is 0 Å². The number of H-pyrrole nitrogens is 1. The van der Waals surface area contributed by atoms with E-state index in [9.17, 15) is 9.59 Å². The minimum absolute atomic E-state index is 0.0144. The molecule has 0 spiro atoms. The highest BCUT2D eigenvalue weighted by Gasteiger charge is 2.13. The van der Waals surface area contributed by atoms with E-state index in [0.29, 0.717) is 30.2 Å². The van der Waals surface area contributed by atoms with Crippen LogP contribution in [-0.2, 0) is 13.0 Å². The molecule has 0 aliphatic carbocycles. The number of carbonyl (C=O) groups is 1. The number of nitrogens with zero attached hydrogens (tertiary/aromatic N) is 3. The first-order chi connectivity index (χ1) is 14.4. The lowest BCUT2D eigenvalue weighted by molar-refractivity contribution is 0.0755. The molecule has 0 unspecified atom stereocenters. The third-order valence-corrected chi connectivity index (χ3v) is 4.96. The van der Waals surface area contributed by atoms with Gasteiger partial charge in [-0.25, -0.2) is 9.97 Å². The number of rotatable bonds is 7. The fourth-order valence-electron chi connectivity index (χ4n) is 2.86. The summed E-state index contributed by atoms with van der Waals surface area (Å²) in [7, 11) is 1.81. The van der Waals surface area contributed by atoms with E-state index < -0.39 is 0 Å². The standard InChI is InChI=1S/C23H27N5O2/c1-5-19-12-21(29)27-22(26-19)18-10-11-20(25-14-18)24-13-16-6-8-17(9-7-16)23(30)28(4)15(2)3/h6-12,14-15H,5,13H2,1-4H3,(H,24,25)(H,26,27,29). The molecule has 0 aliphatic rings. The molecule has 0 bridgehead atoms. The molecule has 0 saturated heterocycles. The van der Waals surface area contributed by atoms with Crippen LogP contribution in [0.1, 0.15) is 42.4 Å². The van der Waals surface area contributed by atoms with E-state index in [4.69, 9.17) is 0 Å². The van der Waals surface area contributed by atoms with Gasteiger partial charge >= 0.3 is 0 Å². The van der Waals surface area contributed by atoms with Crippen molar-refractivity contribution in [2.24, 2.45) is 0 Å². The predicted octanol–water partition coefficient (Wildman–Crippen LogP) is 3.49. The molecule has 0 saturated carbocycles. The maximum atomic E-state index is 12.4. The fraction of sp³-hybridized carbons (Fsp3) is 0.304. The number of aromatic amines is 1. The minimum Gasteiger partial charge on any atom is -0.366 e. The first kappa shape index (κ1) is 21.2. The summed E-state index contributed by atoms with van der Waals surface area (Å²) in [5, 5.41) is 3.26. The van der Waals surface area contributed by atoms with Crippen molar-refractivity contribution >= 4 is 11.7 Å². The number of aromatic nitrogens is 3. The Balaban J connectivity index is 1.63.